The fraction of sp³-hybridized carbons (Fsp3) is 0.235. The van der Waals surface area contributed by atoms with E-state index in [9.17, 15) is 4.79 Å². The maximum atomic E-state index is 13.0. The van der Waals surface area contributed by atoms with Crippen LogP contribution in [-0.4, -0.2) is 31.1 Å². The van der Waals surface area contributed by atoms with E-state index in [4.69, 9.17) is 4.98 Å². The number of carbonyl (C=O) groups excluding carboxylic acids is 1. The SMILES string of the molecule is CCc1cc(NC(=O)C2CCCCC2)cc(-c2ccc3[nH]nc(-c4nc5c(-c6cccnc6)cccc5[nH]4)c3c2)c1. The summed E-state index contributed by atoms with van der Waals surface area (Å²) in [5.41, 5.74) is 9.78. The molecule has 3 N–H and O–H groups in total. The van der Waals surface area contributed by atoms with Crippen molar-refractivity contribution in [2.24, 2.45) is 5.92 Å². The van der Waals surface area contributed by atoms with Gasteiger partial charge in [-0.05, 0) is 72.4 Å². The van der Waals surface area contributed by atoms with E-state index in [2.05, 4.69) is 74.9 Å². The number of aromatic amines is 2. The van der Waals surface area contributed by atoms with Gasteiger partial charge in [-0.3, -0.25) is 14.9 Å². The molecule has 0 saturated heterocycles. The maximum absolute atomic E-state index is 13.0. The molecule has 0 bridgehead atoms. The summed E-state index contributed by atoms with van der Waals surface area (Å²) in [7, 11) is 0. The van der Waals surface area contributed by atoms with Crippen molar-refractivity contribution < 1.29 is 4.79 Å². The van der Waals surface area contributed by atoms with Crippen molar-refractivity contribution in [2.75, 3.05) is 5.32 Å². The molecule has 0 unspecified atom stereocenters. The van der Waals surface area contributed by atoms with Gasteiger partial charge in [0.05, 0.1) is 16.6 Å². The molecule has 7 heteroatoms. The largest absolute Gasteiger partial charge is 0.337 e. The van der Waals surface area contributed by atoms with Gasteiger partial charge in [-0.15, -0.1) is 0 Å². The average Bonchev–Trinajstić information content (AvgIpc) is 3.65. The molecule has 7 rings (SSSR count). The van der Waals surface area contributed by atoms with Gasteiger partial charge in [0.25, 0.3) is 0 Å². The summed E-state index contributed by atoms with van der Waals surface area (Å²) in [5, 5.41) is 12.0. The van der Waals surface area contributed by atoms with E-state index in [1.165, 1.54) is 12.0 Å². The normalized spacial score (nSPS) is 14.1. The van der Waals surface area contributed by atoms with Crippen molar-refractivity contribution in [3.8, 4) is 33.8 Å². The van der Waals surface area contributed by atoms with E-state index in [0.29, 0.717) is 5.82 Å². The van der Waals surface area contributed by atoms with Gasteiger partial charge < -0.3 is 10.3 Å². The van der Waals surface area contributed by atoms with E-state index in [1.54, 1.807) is 6.20 Å². The molecule has 0 atom stereocenters. The first-order valence-electron chi connectivity index (χ1n) is 14.5. The van der Waals surface area contributed by atoms with E-state index >= 15 is 0 Å². The van der Waals surface area contributed by atoms with Crippen molar-refractivity contribution in [1.82, 2.24) is 25.1 Å². The average molecular weight is 541 g/mol. The lowest BCUT2D eigenvalue weighted by molar-refractivity contribution is -0.120. The first-order chi connectivity index (χ1) is 20.2. The van der Waals surface area contributed by atoms with Crippen LogP contribution >= 0.6 is 0 Å². The third-order valence-electron chi connectivity index (χ3n) is 8.25. The van der Waals surface area contributed by atoms with Gasteiger partial charge in [0.15, 0.2) is 5.82 Å². The number of nitrogens with one attached hydrogen (secondary N) is 3. The predicted octanol–water partition coefficient (Wildman–Crippen LogP) is 7.92. The van der Waals surface area contributed by atoms with Crippen molar-refractivity contribution in [1.29, 1.82) is 0 Å². The molecule has 1 aliphatic carbocycles. The van der Waals surface area contributed by atoms with Gasteiger partial charge in [0.1, 0.15) is 5.69 Å². The van der Waals surface area contributed by atoms with Crippen LogP contribution in [0.5, 0.6) is 0 Å². The van der Waals surface area contributed by atoms with E-state index < -0.39 is 0 Å². The number of para-hydroxylation sites is 1. The molecule has 41 heavy (non-hydrogen) atoms. The lowest BCUT2D eigenvalue weighted by Crippen LogP contribution is -2.24. The zero-order valence-electron chi connectivity index (χ0n) is 23.1. The molecule has 3 aromatic heterocycles. The number of fused-ring (bicyclic) bond motifs is 2. The van der Waals surface area contributed by atoms with Crippen molar-refractivity contribution in [3.63, 3.8) is 0 Å². The smallest absolute Gasteiger partial charge is 0.227 e. The number of aryl methyl sites for hydroxylation is 1. The van der Waals surface area contributed by atoms with Crippen molar-refractivity contribution in [3.05, 3.63) is 84.7 Å². The third kappa shape index (κ3) is 4.88. The highest BCUT2D eigenvalue weighted by Crippen LogP contribution is 2.34. The monoisotopic (exact) mass is 540 g/mol. The quantitative estimate of drug-likeness (QED) is 0.200. The zero-order chi connectivity index (χ0) is 27.8. The van der Waals surface area contributed by atoms with E-state index in [1.807, 2.05) is 30.5 Å². The van der Waals surface area contributed by atoms with Crippen LogP contribution in [0.15, 0.2) is 79.1 Å². The van der Waals surface area contributed by atoms with Gasteiger partial charge in [-0.1, -0.05) is 56.5 Å². The van der Waals surface area contributed by atoms with Crippen LogP contribution in [0.4, 0.5) is 5.69 Å². The Labute approximate surface area is 238 Å². The number of imidazole rings is 1. The highest BCUT2D eigenvalue weighted by atomic mass is 16.1. The Balaban J connectivity index is 1.26. The van der Waals surface area contributed by atoms with Crippen LogP contribution in [0.1, 0.15) is 44.6 Å². The molecule has 0 radical (unpaired) electrons. The second kappa shape index (κ2) is 10.7. The highest BCUT2D eigenvalue weighted by Gasteiger charge is 2.21. The molecule has 1 saturated carbocycles. The summed E-state index contributed by atoms with van der Waals surface area (Å²) in [5.74, 6) is 0.972. The number of H-pyrrole nitrogens is 2. The molecule has 3 heterocycles. The number of amides is 1. The molecule has 0 spiro atoms. The number of hydrogen-bond donors (Lipinski definition) is 3. The second-order valence-electron chi connectivity index (χ2n) is 11.0. The maximum Gasteiger partial charge on any atom is 0.227 e. The highest BCUT2D eigenvalue weighted by molar-refractivity contribution is 5.99. The lowest BCUT2D eigenvalue weighted by atomic mass is 9.88. The van der Waals surface area contributed by atoms with Crippen LogP contribution < -0.4 is 5.32 Å². The molecule has 3 aromatic carbocycles. The Bertz CT molecular complexity index is 1860. The molecule has 204 valence electrons. The van der Waals surface area contributed by atoms with Gasteiger partial charge >= 0.3 is 0 Å². The summed E-state index contributed by atoms with van der Waals surface area (Å²) < 4.78 is 0. The lowest BCUT2D eigenvalue weighted by Gasteiger charge is -2.21. The summed E-state index contributed by atoms with van der Waals surface area (Å²) >= 11 is 0. The molecule has 6 aromatic rings. The van der Waals surface area contributed by atoms with Gasteiger partial charge in [-0.2, -0.15) is 5.10 Å². The third-order valence-corrected chi connectivity index (χ3v) is 8.25. The second-order valence-corrected chi connectivity index (χ2v) is 11.0. The van der Waals surface area contributed by atoms with Gasteiger partial charge in [0.2, 0.25) is 5.91 Å². The number of anilines is 1. The van der Waals surface area contributed by atoms with Gasteiger partial charge in [0, 0.05) is 40.5 Å². The minimum atomic E-state index is 0.116. The number of pyridine rings is 1. The summed E-state index contributed by atoms with van der Waals surface area (Å²) in [6, 6.07) is 22.8. The molecular formula is C34H32N6O. The minimum Gasteiger partial charge on any atom is -0.337 e. The Morgan fingerprint density at radius 1 is 0.927 bits per heavy atom. The topological polar surface area (TPSA) is 99.3 Å². The predicted molar refractivity (Wildman–Crippen MR) is 164 cm³/mol. The zero-order valence-corrected chi connectivity index (χ0v) is 23.1. The Hall–Kier alpha value is -4.78. The van der Waals surface area contributed by atoms with E-state index in [0.717, 1.165) is 87.7 Å². The number of aromatic nitrogens is 5. The Kier molecular flexibility index (Phi) is 6.55. The summed E-state index contributed by atoms with van der Waals surface area (Å²) in [6.45, 7) is 2.14. The summed E-state index contributed by atoms with van der Waals surface area (Å²) in [4.78, 5) is 25.8. The first-order valence-corrected chi connectivity index (χ1v) is 14.5. The number of rotatable bonds is 6. The minimum absolute atomic E-state index is 0.116. The molecule has 1 aliphatic rings. The number of hydrogen-bond acceptors (Lipinski definition) is 4. The Morgan fingerprint density at radius 3 is 2.66 bits per heavy atom. The van der Waals surface area contributed by atoms with Crippen LogP contribution in [-0.2, 0) is 11.2 Å². The van der Waals surface area contributed by atoms with Crippen LogP contribution in [0, 0.1) is 5.92 Å². The van der Waals surface area contributed by atoms with Crippen molar-refractivity contribution in [2.45, 2.75) is 45.4 Å². The van der Waals surface area contributed by atoms with Crippen molar-refractivity contribution >= 4 is 33.5 Å². The number of nitrogens with zero attached hydrogens (tertiary/aromatic N) is 3. The molecule has 0 aliphatic heterocycles. The standard InChI is InChI=1S/C34H32N6O/c1-2-21-16-25(18-26(17-21)36-34(41)22-8-4-3-5-9-22)23-13-14-29-28(19-23)32(40-39-29)33-37-30-12-6-11-27(31(30)38-33)24-10-7-15-35-20-24/h6-7,10-20,22H,2-5,8-9H2,1H3,(H,36,41)(H,37,38)(H,39,40). The fourth-order valence-electron chi connectivity index (χ4n) is 6.02. The summed E-state index contributed by atoms with van der Waals surface area (Å²) in [6.07, 6.45) is 10.00. The fourth-order valence-corrected chi connectivity index (χ4v) is 6.02. The Morgan fingerprint density at radius 2 is 1.83 bits per heavy atom. The van der Waals surface area contributed by atoms with Crippen LogP contribution in [0.2, 0.25) is 0 Å². The van der Waals surface area contributed by atoms with Crippen LogP contribution in [0.3, 0.4) is 0 Å². The first kappa shape index (κ1) is 25.2. The van der Waals surface area contributed by atoms with Crippen LogP contribution in [0.25, 0.3) is 55.7 Å². The van der Waals surface area contributed by atoms with E-state index in [-0.39, 0.29) is 11.8 Å². The number of benzene rings is 3. The molecule has 7 nitrogen and oxygen atoms in total. The number of carbonyl (C=O) groups is 1. The van der Waals surface area contributed by atoms with Gasteiger partial charge in [-0.25, -0.2) is 4.98 Å². The molecule has 1 fully saturated rings. The molecular weight excluding hydrogens is 508 g/mol. The molecule has 1 amide bonds.